The minimum absolute atomic E-state index is 0.0845. The van der Waals surface area contributed by atoms with Gasteiger partial charge in [-0.2, -0.15) is 0 Å². The number of benzene rings is 1. The number of amides is 2. The van der Waals surface area contributed by atoms with E-state index in [1.807, 2.05) is 0 Å². The normalized spacial score (nSPS) is 11.8. The SMILES string of the molecule is CC(Oc1c(N)cccc1C(N)=O)C(N)=O. The predicted molar refractivity (Wildman–Crippen MR) is 58.7 cm³/mol. The zero-order valence-corrected chi connectivity index (χ0v) is 8.77. The minimum atomic E-state index is -0.886. The van der Waals surface area contributed by atoms with Crippen molar-refractivity contribution >= 4 is 17.5 Å². The third-order valence-electron chi connectivity index (χ3n) is 2.01. The average Bonchev–Trinajstić information content (AvgIpc) is 2.20. The molecule has 0 aliphatic carbocycles. The molecule has 0 saturated carbocycles. The van der Waals surface area contributed by atoms with Crippen LogP contribution in [0, 0.1) is 0 Å². The summed E-state index contributed by atoms with van der Waals surface area (Å²) in [6, 6.07) is 4.56. The third-order valence-corrected chi connectivity index (χ3v) is 2.01. The second-order valence-corrected chi connectivity index (χ2v) is 3.25. The lowest BCUT2D eigenvalue weighted by atomic mass is 10.1. The van der Waals surface area contributed by atoms with Gasteiger partial charge in [-0.3, -0.25) is 9.59 Å². The fourth-order valence-electron chi connectivity index (χ4n) is 1.12. The first kappa shape index (κ1) is 11.8. The van der Waals surface area contributed by atoms with Gasteiger partial charge in [0.05, 0.1) is 11.3 Å². The molecule has 0 aliphatic rings. The topological polar surface area (TPSA) is 121 Å². The first-order valence-corrected chi connectivity index (χ1v) is 4.57. The van der Waals surface area contributed by atoms with Gasteiger partial charge in [0, 0.05) is 0 Å². The molecule has 0 aromatic heterocycles. The van der Waals surface area contributed by atoms with E-state index in [1.165, 1.54) is 19.1 Å². The van der Waals surface area contributed by atoms with Crippen LogP contribution in [0.5, 0.6) is 5.75 Å². The van der Waals surface area contributed by atoms with Gasteiger partial charge in [-0.25, -0.2) is 0 Å². The summed E-state index contributed by atoms with van der Waals surface area (Å²) in [6.07, 6.45) is -0.886. The smallest absolute Gasteiger partial charge is 0.258 e. The molecule has 2 amide bonds. The lowest BCUT2D eigenvalue weighted by Gasteiger charge is -2.15. The highest BCUT2D eigenvalue weighted by Crippen LogP contribution is 2.26. The quantitative estimate of drug-likeness (QED) is 0.602. The Bertz CT molecular complexity index is 431. The summed E-state index contributed by atoms with van der Waals surface area (Å²) >= 11 is 0. The molecule has 6 heteroatoms. The van der Waals surface area contributed by atoms with Crippen LogP contribution in [0.3, 0.4) is 0 Å². The number of ether oxygens (including phenoxy) is 1. The molecule has 0 fully saturated rings. The Labute approximate surface area is 92.3 Å². The Hall–Kier alpha value is -2.24. The molecule has 0 saturated heterocycles. The summed E-state index contributed by atoms with van der Waals surface area (Å²) in [4.78, 5) is 21.9. The highest BCUT2D eigenvalue weighted by molar-refractivity contribution is 5.97. The van der Waals surface area contributed by atoms with E-state index in [2.05, 4.69) is 0 Å². The summed E-state index contributed by atoms with van der Waals surface area (Å²) < 4.78 is 5.20. The van der Waals surface area contributed by atoms with Gasteiger partial charge in [-0.1, -0.05) is 6.07 Å². The van der Waals surface area contributed by atoms with Crippen molar-refractivity contribution in [2.45, 2.75) is 13.0 Å². The Morgan fingerprint density at radius 1 is 1.31 bits per heavy atom. The van der Waals surface area contributed by atoms with Crippen LogP contribution in [-0.2, 0) is 4.79 Å². The first-order valence-electron chi connectivity index (χ1n) is 4.57. The molecular formula is C10H13N3O3. The van der Waals surface area contributed by atoms with E-state index < -0.39 is 17.9 Å². The van der Waals surface area contributed by atoms with Crippen molar-refractivity contribution in [1.29, 1.82) is 0 Å². The monoisotopic (exact) mass is 223 g/mol. The van der Waals surface area contributed by atoms with Gasteiger partial charge >= 0.3 is 0 Å². The number of carbonyl (C=O) groups is 2. The van der Waals surface area contributed by atoms with Crippen molar-refractivity contribution < 1.29 is 14.3 Å². The highest BCUT2D eigenvalue weighted by atomic mass is 16.5. The van der Waals surface area contributed by atoms with Crippen molar-refractivity contribution in [1.82, 2.24) is 0 Å². The van der Waals surface area contributed by atoms with E-state index in [9.17, 15) is 9.59 Å². The van der Waals surface area contributed by atoms with Crippen molar-refractivity contribution in [2.75, 3.05) is 5.73 Å². The number of hydrogen-bond donors (Lipinski definition) is 3. The van der Waals surface area contributed by atoms with Crippen LogP contribution < -0.4 is 21.9 Å². The predicted octanol–water partition coefficient (Wildman–Crippen LogP) is -0.380. The number of primary amides is 2. The van der Waals surface area contributed by atoms with Crippen LogP contribution in [0.1, 0.15) is 17.3 Å². The summed E-state index contributed by atoms with van der Waals surface area (Å²) in [7, 11) is 0. The molecule has 6 nitrogen and oxygen atoms in total. The Kier molecular flexibility index (Phi) is 3.34. The minimum Gasteiger partial charge on any atom is -0.478 e. The second kappa shape index (κ2) is 4.52. The molecule has 1 unspecified atom stereocenters. The third kappa shape index (κ3) is 2.41. The number of hydrogen-bond acceptors (Lipinski definition) is 4. The zero-order valence-electron chi connectivity index (χ0n) is 8.77. The first-order chi connectivity index (χ1) is 7.43. The van der Waals surface area contributed by atoms with Gasteiger partial charge in [0.1, 0.15) is 0 Å². The molecular weight excluding hydrogens is 210 g/mol. The fourth-order valence-corrected chi connectivity index (χ4v) is 1.12. The van der Waals surface area contributed by atoms with Crippen LogP contribution in [0.15, 0.2) is 18.2 Å². The number of anilines is 1. The fraction of sp³-hybridized carbons (Fsp3) is 0.200. The van der Waals surface area contributed by atoms with Crippen molar-refractivity contribution in [2.24, 2.45) is 11.5 Å². The van der Waals surface area contributed by atoms with E-state index in [4.69, 9.17) is 21.9 Å². The van der Waals surface area contributed by atoms with Gasteiger partial charge in [0.2, 0.25) is 0 Å². The number of nitrogen functional groups attached to an aromatic ring is 1. The molecule has 16 heavy (non-hydrogen) atoms. The summed E-state index contributed by atoms with van der Waals surface area (Å²) in [5.74, 6) is -1.25. The van der Waals surface area contributed by atoms with Crippen LogP contribution in [0.2, 0.25) is 0 Å². The molecule has 0 heterocycles. The number of para-hydroxylation sites is 1. The largest absolute Gasteiger partial charge is 0.478 e. The molecule has 0 radical (unpaired) electrons. The maximum Gasteiger partial charge on any atom is 0.258 e. The van der Waals surface area contributed by atoms with E-state index in [-0.39, 0.29) is 17.0 Å². The van der Waals surface area contributed by atoms with E-state index in [0.29, 0.717) is 0 Å². The molecule has 86 valence electrons. The molecule has 0 bridgehead atoms. The van der Waals surface area contributed by atoms with Crippen LogP contribution >= 0.6 is 0 Å². The summed E-state index contributed by atoms with van der Waals surface area (Å²) in [5, 5.41) is 0. The van der Waals surface area contributed by atoms with Crippen molar-refractivity contribution in [3.8, 4) is 5.75 Å². The Morgan fingerprint density at radius 3 is 2.44 bits per heavy atom. The second-order valence-electron chi connectivity index (χ2n) is 3.25. The van der Waals surface area contributed by atoms with Crippen molar-refractivity contribution in [3.05, 3.63) is 23.8 Å². The van der Waals surface area contributed by atoms with Gasteiger partial charge in [-0.05, 0) is 19.1 Å². The van der Waals surface area contributed by atoms with Crippen LogP contribution in [-0.4, -0.2) is 17.9 Å². The molecule has 0 aliphatic heterocycles. The lowest BCUT2D eigenvalue weighted by molar-refractivity contribution is -0.123. The van der Waals surface area contributed by atoms with Gasteiger partial charge in [-0.15, -0.1) is 0 Å². The summed E-state index contributed by atoms with van der Waals surface area (Å²) in [5.41, 5.74) is 16.2. The Balaban J connectivity index is 3.11. The molecule has 1 atom stereocenters. The van der Waals surface area contributed by atoms with E-state index in [1.54, 1.807) is 6.07 Å². The van der Waals surface area contributed by atoms with E-state index >= 15 is 0 Å². The molecule has 6 N–H and O–H groups in total. The van der Waals surface area contributed by atoms with Gasteiger partial charge in [0.15, 0.2) is 11.9 Å². The average molecular weight is 223 g/mol. The van der Waals surface area contributed by atoms with Crippen LogP contribution in [0.4, 0.5) is 5.69 Å². The van der Waals surface area contributed by atoms with Crippen LogP contribution in [0.25, 0.3) is 0 Å². The number of nitrogens with two attached hydrogens (primary N) is 3. The highest BCUT2D eigenvalue weighted by Gasteiger charge is 2.17. The zero-order chi connectivity index (χ0) is 12.3. The Morgan fingerprint density at radius 2 is 1.94 bits per heavy atom. The lowest BCUT2D eigenvalue weighted by Crippen LogP contribution is -2.31. The van der Waals surface area contributed by atoms with Gasteiger partial charge in [0.25, 0.3) is 11.8 Å². The van der Waals surface area contributed by atoms with Crippen molar-refractivity contribution in [3.63, 3.8) is 0 Å². The molecule has 1 aromatic carbocycles. The van der Waals surface area contributed by atoms with Gasteiger partial charge < -0.3 is 21.9 Å². The number of carbonyl (C=O) groups excluding carboxylic acids is 2. The standard InChI is InChI=1S/C10H13N3O3/c1-5(9(12)14)16-8-6(10(13)15)3-2-4-7(8)11/h2-5H,11H2,1H3,(H2,12,14)(H2,13,15). The number of rotatable bonds is 4. The summed E-state index contributed by atoms with van der Waals surface area (Å²) in [6.45, 7) is 1.46. The molecule has 0 spiro atoms. The maximum atomic E-state index is 11.1. The molecule has 1 aromatic rings. The van der Waals surface area contributed by atoms with E-state index in [0.717, 1.165) is 0 Å². The molecule has 1 rings (SSSR count). The maximum absolute atomic E-state index is 11.1.